The summed E-state index contributed by atoms with van der Waals surface area (Å²) in [6, 6.07) is 5.47. The van der Waals surface area contributed by atoms with Crippen LogP contribution >= 0.6 is 11.6 Å². The van der Waals surface area contributed by atoms with Crippen molar-refractivity contribution in [1.82, 2.24) is 5.32 Å². The first-order valence-corrected chi connectivity index (χ1v) is 5.63. The first-order valence-electron chi connectivity index (χ1n) is 5.26. The standard InChI is InChI=1S/C12H17ClFN/c1-3-4-9-5-6-10(7-11(9)13)12(14)8-15-2/h5-7,12,15H,3-4,8H2,1-2H3. The Kier molecular flexibility index (Phi) is 5.06. The molecule has 0 aromatic heterocycles. The van der Waals surface area contributed by atoms with E-state index in [0.29, 0.717) is 17.1 Å². The van der Waals surface area contributed by atoms with Gasteiger partial charge >= 0.3 is 0 Å². The minimum atomic E-state index is -0.983. The number of halogens is 2. The molecule has 3 heteroatoms. The fraction of sp³-hybridized carbons (Fsp3) is 0.500. The minimum Gasteiger partial charge on any atom is -0.317 e. The van der Waals surface area contributed by atoms with Crippen molar-refractivity contribution in [3.63, 3.8) is 0 Å². The monoisotopic (exact) mass is 229 g/mol. The van der Waals surface area contributed by atoms with Gasteiger partial charge in [-0.15, -0.1) is 0 Å². The Morgan fingerprint density at radius 3 is 2.73 bits per heavy atom. The summed E-state index contributed by atoms with van der Waals surface area (Å²) >= 11 is 6.07. The highest BCUT2D eigenvalue weighted by atomic mass is 35.5. The molecule has 0 spiro atoms. The molecule has 1 unspecified atom stereocenters. The Morgan fingerprint density at radius 1 is 1.47 bits per heavy atom. The molecule has 0 saturated carbocycles. The average molecular weight is 230 g/mol. The number of hydrogen-bond donors (Lipinski definition) is 1. The first-order chi connectivity index (χ1) is 7.19. The maximum Gasteiger partial charge on any atom is 0.138 e. The van der Waals surface area contributed by atoms with E-state index in [1.165, 1.54) is 0 Å². The van der Waals surface area contributed by atoms with Crippen LogP contribution in [0.25, 0.3) is 0 Å². The van der Waals surface area contributed by atoms with Crippen LogP contribution in [0.15, 0.2) is 18.2 Å². The zero-order chi connectivity index (χ0) is 11.3. The lowest BCUT2D eigenvalue weighted by atomic mass is 10.0. The molecule has 0 bridgehead atoms. The summed E-state index contributed by atoms with van der Waals surface area (Å²) in [7, 11) is 1.74. The maximum absolute atomic E-state index is 13.5. The average Bonchev–Trinajstić information content (AvgIpc) is 2.21. The van der Waals surface area contributed by atoms with Gasteiger partial charge in [0, 0.05) is 11.6 Å². The number of aryl methyl sites for hydroxylation is 1. The summed E-state index contributed by atoms with van der Waals surface area (Å²) in [4.78, 5) is 0. The molecule has 1 rings (SSSR count). The van der Waals surface area contributed by atoms with E-state index in [9.17, 15) is 4.39 Å². The number of rotatable bonds is 5. The predicted molar refractivity (Wildman–Crippen MR) is 63.2 cm³/mol. The van der Waals surface area contributed by atoms with Crippen LogP contribution < -0.4 is 5.32 Å². The van der Waals surface area contributed by atoms with Crippen LogP contribution in [0.2, 0.25) is 5.02 Å². The van der Waals surface area contributed by atoms with E-state index >= 15 is 0 Å². The normalized spacial score (nSPS) is 12.8. The van der Waals surface area contributed by atoms with Gasteiger partial charge in [0.15, 0.2) is 0 Å². The van der Waals surface area contributed by atoms with Crippen molar-refractivity contribution in [3.05, 3.63) is 34.3 Å². The van der Waals surface area contributed by atoms with Crippen LogP contribution in [-0.2, 0) is 6.42 Å². The van der Waals surface area contributed by atoms with Crippen LogP contribution in [0.1, 0.15) is 30.6 Å². The number of alkyl halides is 1. The van der Waals surface area contributed by atoms with Crippen molar-refractivity contribution >= 4 is 11.6 Å². The highest BCUT2D eigenvalue weighted by Crippen LogP contribution is 2.24. The highest BCUT2D eigenvalue weighted by molar-refractivity contribution is 6.31. The predicted octanol–water partition coefficient (Wildman–Crippen LogP) is 3.52. The molecule has 1 aromatic carbocycles. The fourth-order valence-corrected chi connectivity index (χ4v) is 1.81. The van der Waals surface area contributed by atoms with Crippen molar-refractivity contribution in [2.75, 3.05) is 13.6 Å². The van der Waals surface area contributed by atoms with Crippen LogP contribution in [0, 0.1) is 0 Å². The second-order valence-electron chi connectivity index (χ2n) is 3.63. The van der Waals surface area contributed by atoms with E-state index in [2.05, 4.69) is 12.2 Å². The molecule has 0 saturated heterocycles. The topological polar surface area (TPSA) is 12.0 Å². The SMILES string of the molecule is CCCc1ccc(C(F)CNC)cc1Cl. The molecule has 0 radical (unpaired) electrons. The lowest BCUT2D eigenvalue weighted by Crippen LogP contribution is -2.13. The molecule has 1 aromatic rings. The van der Waals surface area contributed by atoms with Gasteiger partial charge in [-0.25, -0.2) is 4.39 Å². The third kappa shape index (κ3) is 3.47. The van der Waals surface area contributed by atoms with Crippen molar-refractivity contribution in [2.45, 2.75) is 25.9 Å². The van der Waals surface area contributed by atoms with Gasteiger partial charge in [-0.05, 0) is 30.7 Å². The van der Waals surface area contributed by atoms with Crippen LogP contribution in [-0.4, -0.2) is 13.6 Å². The lowest BCUT2D eigenvalue weighted by molar-refractivity contribution is 0.335. The Balaban J connectivity index is 2.81. The van der Waals surface area contributed by atoms with Gasteiger partial charge in [-0.1, -0.05) is 37.1 Å². The third-order valence-corrected chi connectivity index (χ3v) is 2.69. The van der Waals surface area contributed by atoms with Crippen LogP contribution in [0.4, 0.5) is 4.39 Å². The molecule has 0 aliphatic heterocycles. The summed E-state index contributed by atoms with van der Waals surface area (Å²) in [5.74, 6) is 0. The number of hydrogen-bond acceptors (Lipinski definition) is 1. The molecule has 0 amide bonds. The lowest BCUT2D eigenvalue weighted by Gasteiger charge is -2.10. The van der Waals surface area contributed by atoms with E-state index in [-0.39, 0.29) is 0 Å². The molecular weight excluding hydrogens is 213 g/mol. The van der Waals surface area contributed by atoms with Gasteiger partial charge in [-0.3, -0.25) is 0 Å². The second-order valence-corrected chi connectivity index (χ2v) is 4.03. The molecular formula is C12H17ClFN. The Morgan fingerprint density at radius 2 is 2.20 bits per heavy atom. The summed E-state index contributed by atoms with van der Waals surface area (Å²) in [5.41, 5.74) is 1.74. The number of nitrogens with one attached hydrogen (secondary N) is 1. The fourth-order valence-electron chi connectivity index (χ4n) is 1.53. The largest absolute Gasteiger partial charge is 0.317 e. The van der Waals surface area contributed by atoms with E-state index in [4.69, 9.17) is 11.6 Å². The molecule has 0 heterocycles. The van der Waals surface area contributed by atoms with Crippen LogP contribution in [0.5, 0.6) is 0 Å². The van der Waals surface area contributed by atoms with Gasteiger partial charge in [-0.2, -0.15) is 0 Å². The molecule has 15 heavy (non-hydrogen) atoms. The molecule has 0 fully saturated rings. The van der Waals surface area contributed by atoms with E-state index in [1.54, 1.807) is 13.1 Å². The van der Waals surface area contributed by atoms with Crippen molar-refractivity contribution in [3.8, 4) is 0 Å². The quantitative estimate of drug-likeness (QED) is 0.815. The molecule has 0 aliphatic rings. The molecule has 0 aliphatic carbocycles. The summed E-state index contributed by atoms with van der Waals surface area (Å²) < 4.78 is 13.5. The second kappa shape index (κ2) is 6.09. The molecule has 1 nitrogen and oxygen atoms in total. The zero-order valence-corrected chi connectivity index (χ0v) is 9.94. The van der Waals surface area contributed by atoms with Crippen LogP contribution in [0.3, 0.4) is 0 Å². The Hall–Kier alpha value is -0.600. The number of benzene rings is 1. The minimum absolute atomic E-state index is 0.323. The summed E-state index contributed by atoms with van der Waals surface area (Å²) in [5, 5.41) is 3.48. The Bertz CT molecular complexity index is 314. The molecule has 84 valence electrons. The first kappa shape index (κ1) is 12.5. The van der Waals surface area contributed by atoms with Gasteiger partial charge in [0.25, 0.3) is 0 Å². The highest BCUT2D eigenvalue weighted by Gasteiger charge is 2.10. The summed E-state index contributed by atoms with van der Waals surface area (Å²) in [6.07, 6.45) is 1.01. The maximum atomic E-state index is 13.5. The van der Waals surface area contributed by atoms with E-state index in [1.807, 2.05) is 12.1 Å². The van der Waals surface area contributed by atoms with Gasteiger partial charge < -0.3 is 5.32 Å². The number of likely N-dealkylation sites (N-methyl/N-ethyl adjacent to an activating group) is 1. The van der Waals surface area contributed by atoms with E-state index in [0.717, 1.165) is 18.4 Å². The van der Waals surface area contributed by atoms with Crippen molar-refractivity contribution in [2.24, 2.45) is 0 Å². The smallest absolute Gasteiger partial charge is 0.138 e. The van der Waals surface area contributed by atoms with Gasteiger partial charge in [0.05, 0.1) is 0 Å². The zero-order valence-electron chi connectivity index (χ0n) is 9.19. The van der Waals surface area contributed by atoms with E-state index < -0.39 is 6.17 Å². The van der Waals surface area contributed by atoms with Crippen molar-refractivity contribution < 1.29 is 4.39 Å². The van der Waals surface area contributed by atoms with Gasteiger partial charge in [0.2, 0.25) is 0 Å². The molecule has 1 N–H and O–H groups in total. The third-order valence-electron chi connectivity index (χ3n) is 2.34. The Labute approximate surface area is 95.6 Å². The molecule has 1 atom stereocenters. The van der Waals surface area contributed by atoms with Gasteiger partial charge in [0.1, 0.15) is 6.17 Å². The summed E-state index contributed by atoms with van der Waals surface area (Å²) in [6.45, 7) is 2.42. The van der Waals surface area contributed by atoms with Crippen molar-refractivity contribution in [1.29, 1.82) is 0 Å².